The summed E-state index contributed by atoms with van der Waals surface area (Å²) in [5.41, 5.74) is 0. The highest BCUT2D eigenvalue weighted by atomic mass is 33.5. The van der Waals surface area contributed by atoms with Gasteiger partial charge >= 0.3 is 11.9 Å². The van der Waals surface area contributed by atoms with Crippen LogP contribution in [-0.2, 0) is 19.1 Å². The maximum Gasteiger partial charge on any atom is 0.306 e. The monoisotopic (exact) mass is 326 g/mol. The SMILES string of the molecule is COC(=O)CC(C)(C)SSSC(C)(C)CC(=O)OC. The summed E-state index contributed by atoms with van der Waals surface area (Å²) in [4.78, 5) is 22.5. The van der Waals surface area contributed by atoms with Gasteiger partial charge in [0.1, 0.15) is 0 Å². The highest BCUT2D eigenvalue weighted by molar-refractivity contribution is 9.09. The lowest BCUT2D eigenvalue weighted by molar-refractivity contribution is -0.142. The van der Waals surface area contributed by atoms with Gasteiger partial charge in [-0.3, -0.25) is 9.59 Å². The lowest BCUT2D eigenvalue weighted by Gasteiger charge is -2.25. The predicted octanol–water partition coefficient (Wildman–Crippen LogP) is 3.70. The van der Waals surface area contributed by atoms with E-state index >= 15 is 0 Å². The predicted molar refractivity (Wildman–Crippen MR) is 84.2 cm³/mol. The molecule has 0 rings (SSSR count). The first-order valence-corrected chi connectivity index (χ1v) is 9.27. The first-order valence-electron chi connectivity index (χ1n) is 5.79. The summed E-state index contributed by atoms with van der Waals surface area (Å²) in [5.74, 6) is -0.422. The summed E-state index contributed by atoms with van der Waals surface area (Å²) in [6.07, 6.45) is 0.721. The molecule has 19 heavy (non-hydrogen) atoms. The number of carbonyl (C=O) groups is 2. The van der Waals surface area contributed by atoms with Gasteiger partial charge in [0.05, 0.1) is 27.1 Å². The molecule has 0 fully saturated rings. The number of methoxy groups -OCH3 is 2. The molecule has 0 aromatic heterocycles. The molecule has 0 aliphatic carbocycles. The quantitative estimate of drug-likeness (QED) is 0.498. The number of hydrogen-bond acceptors (Lipinski definition) is 7. The van der Waals surface area contributed by atoms with Crippen LogP contribution in [0.1, 0.15) is 40.5 Å². The Bertz CT molecular complexity index is 286. The second-order valence-electron chi connectivity index (χ2n) is 5.26. The Labute approximate surface area is 126 Å². The Hall–Kier alpha value is -0.0100. The van der Waals surface area contributed by atoms with E-state index in [4.69, 9.17) is 0 Å². The van der Waals surface area contributed by atoms with Gasteiger partial charge in [-0.2, -0.15) is 0 Å². The van der Waals surface area contributed by atoms with E-state index in [0.717, 1.165) is 0 Å². The van der Waals surface area contributed by atoms with E-state index < -0.39 is 0 Å². The highest BCUT2D eigenvalue weighted by Gasteiger charge is 2.28. The van der Waals surface area contributed by atoms with Crippen LogP contribution in [0.3, 0.4) is 0 Å². The molecule has 7 heteroatoms. The Morgan fingerprint density at radius 3 is 1.42 bits per heavy atom. The van der Waals surface area contributed by atoms with E-state index in [1.165, 1.54) is 14.2 Å². The first kappa shape index (κ1) is 19.0. The fourth-order valence-corrected chi connectivity index (χ4v) is 7.04. The summed E-state index contributed by atoms with van der Waals surface area (Å²) in [7, 11) is 7.60. The Kier molecular flexibility index (Phi) is 8.31. The molecule has 0 aliphatic heterocycles. The third kappa shape index (κ3) is 9.51. The lowest BCUT2D eigenvalue weighted by Crippen LogP contribution is -2.21. The molecule has 0 saturated heterocycles. The van der Waals surface area contributed by atoms with E-state index in [9.17, 15) is 9.59 Å². The molecule has 0 aliphatic rings. The maximum atomic E-state index is 11.3. The van der Waals surface area contributed by atoms with E-state index in [1.54, 1.807) is 31.4 Å². The van der Waals surface area contributed by atoms with Crippen LogP contribution in [0.15, 0.2) is 0 Å². The average molecular weight is 327 g/mol. The zero-order valence-corrected chi connectivity index (χ0v) is 14.7. The molecule has 0 aromatic rings. The minimum atomic E-state index is -0.211. The first-order chi connectivity index (χ1) is 8.62. The van der Waals surface area contributed by atoms with E-state index in [-0.39, 0.29) is 21.4 Å². The van der Waals surface area contributed by atoms with E-state index in [0.29, 0.717) is 12.8 Å². The smallest absolute Gasteiger partial charge is 0.306 e. The van der Waals surface area contributed by atoms with Crippen LogP contribution in [0.2, 0.25) is 0 Å². The van der Waals surface area contributed by atoms with Crippen molar-refractivity contribution in [2.45, 2.75) is 50.0 Å². The van der Waals surface area contributed by atoms with Crippen LogP contribution in [-0.4, -0.2) is 35.7 Å². The molecule has 0 atom stereocenters. The Morgan fingerprint density at radius 1 is 0.842 bits per heavy atom. The molecule has 0 heterocycles. The summed E-state index contributed by atoms with van der Waals surface area (Å²) in [6, 6.07) is 0. The number of hydrogen-bond donors (Lipinski definition) is 0. The van der Waals surface area contributed by atoms with Crippen LogP contribution < -0.4 is 0 Å². The maximum absolute atomic E-state index is 11.3. The van der Waals surface area contributed by atoms with Gasteiger partial charge in [0.15, 0.2) is 0 Å². The molecular weight excluding hydrogens is 304 g/mol. The highest BCUT2D eigenvalue weighted by Crippen LogP contribution is 2.50. The van der Waals surface area contributed by atoms with Crippen LogP contribution in [0.25, 0.3) is 0 Å². The molecule has 0 N–H and O–H groups in total. The minimum Gasteiger partial charge on any atom is -0.469 e. The number of ether oxygens (including phenoxy) is 2. The van der Waals surface area contributed by atoms with Crippen molar-refractivity contribution >= 4 is 43.4 Å². The second kappa shape index (κ2) is 8.32. The molecule has 0 spiro atoms. The van der Waals surface area contributed by atoms with Crippen molar-refractivity contribution in [3.8, 4) is 0 Å². The molecule has 0 saturated carbocycles. The van der Waals surface area contributed by atoms with Crippen molar-refractivity contribution in [2.75, 3.05) is 14.2 Å². The molecule has 0 radical (unpaired) electrons. The van der Waals surface area contributed by atoms with Crippen molar-refractivity contribution in [3.63, 3.8) is 0 Å². The number of esters is 2. The zero-order valence-electron chi connectivity index (χ0n) is 12.3. The van der Waals surface area contributed by atoms with Crippen molar-refractivity contribution in [3.05, 3.63) is 0 Å². The van der Waals surface area contributed by atoms with Gasteiger partial charge in [0, 0.05) is 9.49 Å². The average Bonchev–Trinajstić information content (AvgIpc) is 2.26. The van der Waals surface area contributed by atoms with Gasteiger partial charge in [-0.25, -0.2) is 0 Å². The van der Waals surface area contributed by atoms with Gasteiger partial charge in [0.25, 0.3) is 0 Å². The van der Waals surface area contributed by atoms with Crippen LogP contribution in [0, 0.1) is 0 Å². The third-order valence-electron chi connectivity index (χ3n) is 2.11. The van der Waals surface area contributed by atoms with Crippen LogP contribution >= 0.6 is 31.4 Å². The standard InChI is InChI=1S/C12H22O4S3/c1-11(2,7-9(13)15-5)17-19-18-12(3,4)8-10(14)16-6/h7-8H2,1-6H3. The molecule has 4 nitrogen and oxygen atoms in total. The largest absolute Gasteiger partial charge is 0.469 e. The van der Waals surface area contributed by atoms with Crippen molar-refractivity contribution in [1.29, 1.82) is 0 Å². The van der Waals surface area contributed by atoms with Crippen LogP contribution in [0.5, 0.6) is 0 Å². The Balaban J connectivity index is 4.13. The fourth-order valence-electron chi connectivity index (χ4n) is 1.10. The molecule has 0 aromatic carbocycles. The number of rotatable bonds is 8. The zero-order chi connectivity index (χ0) is 15.1. The van der Waals surface area contributed by atoms with Crippen molar-refractivity contribution in [1.82, 2.24) is 0 Å². The molecule has 0 unspecified atom stereocenters. The van der Waals surface area contributed by atoms with Gasteiger partial charge in [-0.05, 0) is 37.5 Å². The van der Waals surface area contributed by atoms with Crippen LogP contribution in [0.4, 0.5) is 0 Å². The van der Waals surface area contributed by atoms with Crippen molar-refractivity contribution in [2.24, 2.45) is 0 Å². The third-order valence-corrected chi connectivity index (χ3v) is 7.78. The molecular formula is C12H22O4S3. The summed E-state index contributed by atoms with van der Waals surface area (Å²) in [6.45, 7) is 7.98. The van der Waals surface area contributed by atoms with Gasteiger partial charge in [-0.15, -0.1) is 0 Å². The topological polar surface area (TPSA) is 52.6 Å². The number of carbonyl (C=O) groups excluding carboxylic acids is 2. The molecule has 112 valence electrons. The minimum absolute atomic E-state index is 0.202. The van der Waals surface area contributed by atoms with Gasteiger partial charge in [0.2, 0.25) is 0 Å². The fraction of sp³-hybridized carbons (Fsp3) is 0.833. The Morgan fingerprint density at radius 2 is 1.16 bits per heavy atom. The molecule has 0 amide bonds. The summed E-state index contributed by atoms with van der Waals surface area (Å²) in [5, 5.41) is 0. The molecule has 0 bridgehead atoms. The van der Waals surface area contributed by atoms with Crippen molar-refractivity contribution < 1.29 is 19.1 Å². The van der Waals surface area contributed by atoms with Gasteiger partial charge in [-0.1, -0.05) is 21.6 Å². The normalized spacial score (nSPS) is 12.1. The summed E-state index contributed by atoms with van der Waals surface area (Å²) >= 11 is 0. The summed E-state index contributed by atoms with van der Waals surface area (Å²) < 4.78 is 8.94. The van der Waals surface area contributed by atoms with E-state index in [2.05, 4.69) is 9.47 Å². The lowest BCUT2D eigenvalue weighted by atomic mass is 10.1. The van der Waals surface area contributed by atoms with Gasteiger partial charge < -0.3 is 9.47 Å². The second-order valence-corrected chi connectivity index (χ2v) is 10.6. The van der Waals surface area contributed by atoms with E-state index in [1.807, 2.05) is 27.7 Å².